The van der Waals surface area contributed by atoms with Gasteiger partial charge < -0.3 is 5.11 Å². The van der Waals surface area contributed by atoms with Crippen LogP contribution in [0.3, 0.4) is 0 Å². The maximum Gasteiger partial charge on any atom is 0.0594 e. The topological polar surface area (TPSA) is 20.2 Å². The summed E-state index contributed by atoms with van der Waals surface area (Å²) in [5, 5.41) is 10.7. The first-order chi connectivity index (χ1) is 14.0. The first kappa shape index (κ1) is 22.6. The Morgan fingerprint density at radius 2 is 1.70 bits per heavy atom. The third kappa shape index (κ3) is 3.37. The Hall–Kier alpha value is -0.560. The molecule has 2 saturated carbocycles. The first-order valence-electron chi connectivity index (χ1n) is 13.1. The van der Waals surface area contributed by atoms with Gasteiger partial charge in [-0.25, -0.2) is 0 Å². The van der Waals surface area contributed by atoms with Crippen molar-refractivity contribution in [3.8, 4) is 0 Å². The van der Waals surface area contributed by atoms with Gasteiger partial charge in [0.05, 0.1) is 6.10 Å². The average molecular weight is 413 g/mol. The molecule has 4 aliphatic rings. The van der Waals surface area contributed by atoms with E-state index in [1.807, 2.05) is 0 Å². The van der Waals surface area contributed by atoms with Crippen LogP contribution in [0.1, 0.15) is 106 Å². The Morgan fingerprint density at radius 1 is 0.967 bits per heavy atom. The molecule has 0 aromatic heterocycles. The third-order valence-corrected chi connectivity index (χ3v) is 10.7. The van der Waals surface area contributed by atoms with Gasteiger partial charge in [0.15, 0.2) is 0 Å². The highest BCUT2D eigenvalue weighted by Gasteiger charge is 2.59. The Labute approximate surface area is 186 Å². The zero-order valence-electron chi connectivity index (χ0n) is 20.9. The van der Waals surface area contributed by atoms with E-state index in [4.69, 9.17) is 0 Å². The first-order valence-corrected chi connectivity index (χ1v) is 13.1. The smallest absolute Gasteiger partial charge is 0.0594 e. The van der Waals surface area contributed by atoms with Gasteiger partial charge in [-0.1, -0.05) is 79.9 Å². The summed E-state index contributed by atoms with van der Waals surface area (Å²) in [4.78, 5) is 0. The molecule has 1 N–H and O–H groups in total. The minimum absolute atomic E-state index is 0.0350. The maximum absolute atomic E-state index is 10.7. The molecule has 2 unspecified atom stereocenters. The molecular weight excluding hydrogens is 364 g/mol. The molecule has 0 heterocycles. The Kier molecular flexibility index (Phi) is 5.87. The highest BCUT2D eigenvalue weighted by atomic mass is 16.3. The lowest BCUT2D eigenvalue weighted by molar-refractivity contribution is -0.119. The Bertz CT molecular complexity index is 712. The van der Waals surface area contributed by atoms with Crippen molar-refractivity contribution in [3.63, 3.8) is 0 Å². The molecule has 0 radical (unpaired) electrons. The van der Waals surface area contributed by atoms with Crippen LogP contribution in [-0.4, -0.2) is 11.2 Å². The quantitative estimate of drug-likeness (QED) is 0.486. The van der Waals surface area contributed by atoms with Crippen molar-refractivity contribution in [3.05, 3.63) is 23.3 Å². The molecule has 4 aliphatic carbocycles. The molecule has 7 atom stereocenters. The summed E-state index contributed by atoms with van der Waals surface area (Å²) >= 11 is 0. The van der Waals surface area contributed by atoms with Crippen molar-refractivity contribution in [2.75, 3.05) is 0 Å². The zero-order valence-corrected chi connectivity index (χ0v) is 20.9. The second-order valence-corrected chi connectivity index (χ2v) is 13.1. The van der Waals surface area contributed by atoms with Crippen LogP contribution in [0.15, 0.2) is 23.3 Å². The predicted octanol–water partition coefficient (Wildman–Crippen LogP) is 7.94. The van der Waals surface area contributed by atoms with Crippen molar-refractivity contribution in [2.45, 2.75) is 112 Å². The fourth-order valence-electron chi connectivity index (χ4n) is 8.65. The molecule has 30 heavy (non-hydrogen) atoms. The monoisotopic (exact) mass is 412 g/mol. The van der Waals surface area contributed by atoms with Gasteiger partial charge >= 0.3 is 0 Å². The lowest BCUT2D eigenvalue weighted by Gasteiger charge is -2.61. The third-order valence-electron chi connectivity index (χ3n) is 10.7. The molecule has 0 amide bonds. The Balaban J connectivity index is 1.56. The molecule has 0 aromatic carbocycles. The van der Waals surface area contributed by atoms with Crippen LogP contribution in [0.25, 0.3) is 0 Å². The summed E-state index contributed by atoms with van der Waals surface area (Å²) in [5.41, 5.74) is 4.25. The molecular formula is C29H48O. The SMILES string of the molecule is CC(C)CCC[C@@H](C)[C@H]1CC=C2C3=CCC4C(C)(C)C(O)CC[C@]4(C)[C@H]3CC[C@@]21C. The van der Waals surface area contributed by atoms with E-state index in [1.165, 1.54) is 44.9 Å². The van der Waals surface area contributed by atoms with E-state index in [2.05, 4.69) is 60.6 Å². The highest BCUT2D eigenvalue weighted by Crippen LogP contribution is 2.67. The summed E-state index contributed by atoms with van der Waals surface area (Å²) in [7, 11) is 0. The van der Waals surface area contributed by atoms with Gasteiger partial charge in [0.2, 0.25) is 0 Å². The molecule has 4 rings (SSSR count). The van der Waals surface area contributed by atoms with Gasteiger partial charge in [0, 0.05) is 0 Å². The van der Waals surface area contributed by atoms with E-state index in [1.54, 1.807) is 11.1 Å². The lowest BCUT2D eigenvalue weighted by Crippen LogP contribution is -2.55. The van der Waals surface area contributed by atoms with Crippen LogP contribution in [-0.2, 0) is 0 Å². The van der Waals surface area contributed by atoms with Crippen LogP contribution >= 0.6 is 0 Å². The number of allylic oxidation sites excluding steroid dienone is 4. The second kappa shape index (κ2) is 7.79. The van der Waals surface area contributed by atoms with E-state index < -0.39 is 0 Å². The number of aliphatic hydroxyl groups is 1. The maximum atomic E-state index is 10.7. The largest absolute Gasteiger partial charge is 0.393 e. The van der Waals surface area contributed by atoms with Crippen molar-refractivity contribution < 1.29 is 5.11 Å². The molecule has 0 spiro atoms. The van der Waals surface area contributed by atoms with Crippen LogP contribution in [0.4, 0.5) is 0 Å². The summed E-state index contributed by atoms with van der Waals surface area (Å²) in [6.45, 7) is 17.1. The van der Waals surface area contributed by atoms with E-state index >= 15 is 0 Å². The van der Waals surface area contributed by atoms with Crippen LogP contribution in [0, 0.1) is 45.8 Å². The van der Waals surface area contributed by atoms with Gasteiger partial charge in [-0.05, 0) is 95.5 Å². The van der Waals surface area contributed by atoms with Gasteiger partial charge in [-0.3, -0.25) is 0 Å². The van der Waals surface area contributed by atoms with Crippen molar-refractivity contribution in [1.29, 1.82) is 0 Å². The number of fused-ring (bicyclic) bond motifs is 5. The van der Waals surface area contributed by atoms with Crippen molar-refractivity contribution in [1.82, 2.24) is 0 Å². The standard InChI is InChI=1S/C29H48O/c1-19(2)9-8-10-20(3)22-12-13-23-21-11-14-25-27(4,5)26(30)16-18-29(25,7)24(21)15-17-28(22,23)6/h11,13,19-20,22,24-26,30H,8-10,12,14-18H2,1-7H3/t20-,22-,24+,25?,26?,28-,29-/m1/s1. The summed E-state index contributed by atoms with van der Waals surface area (Å²) in [6.07, 6.45) is 16.7. The van der Waals surface area contributed by atoms with Gasteiger partial charge in [0.1, 0.15) is 0 Å². The molecule has 0 saturated heterocycles. The zero-order chi connectivity index (χ0) is 21.9. The van der Waals surface area contributed by atoms with Crippen molar-refractivity contribution >= 4 is 0 Å². The molecule has 2 fully saturated rings. The average Bonchev–Trinajstić information content (AvgIpc) is 3.02. The normalized spacial score (nSPS) is 43.4. The van der Waals surface area contributed by atoms with Gasteiger partial charge in [-0.15, -0.1) is 0 Å². The van der Waals surface area contributed by atoms with Crippen LogP contribution in [0.2, 0.25) is 0 Å². The summed E-state index contributed by atoms with van der Waals surface area (Å²) < 4.78 is 0. The summed E-state index contributed by atoms with van der Waals surface area (Å²) in [5.74, 6) is 3.81. The molecule has 1 nitrogen and oxygen atoms in total. The van der Waals surface area contributed by atoms with E-state index in [0.717, 1.165) is 30.6 Å². The van der Waals surface area contributed by atoms with E-state index in [0.29, 0.717) is 22.7 Å². The number of hydrogen-bond donors (Lipinski definition) is 1. The number of hydrogen-bond acceptors (Lipinski definition) is 1. The van der Waals surface area contributed by atoms with Crippen LogP contribution in [0.5, 0.6) is 0 Å². The minimum atomic E-state index is -0.138. The fraction of sp³-hybridized carbons (Fsp3) is 0.862. The van der Waals surface area contributed by atoms with E-state index in [-0.39, 0.29) is 11.5 Å². The summed E-state index contributed by atoms with van der Waals surface area (Å²) in [6, 6.07) is 0. The molecule has 1 heteroatoms. The van der Waals surface area contributed by atoms with E-state index in [9.17, 15) is 5.11 Å². The predicted molar refractivity (Wildman–Crippen MR) is 128 cm³/mol. The van der Waals surface area contributed by atoms with Gasteiger partial charge in [-0.2, -0.15) is 0 Å². The van der Waals surface area contributed by atoms with Crippen molar-refractivity contribution in [2.24, 2.45) is 45.8 Å². The van der Waals surface area contributed by atoms with Crippen LogP contribution < -0.4 is 0 Å². The molecule has 0 aliphatic heterocycles. The number of rotatable bonds is 5. The van der Waals surface area contributed by atoms with Gasteiger partial charge in [0.25, 0.3) is 0 Å². The second-order valence-electron chi connectivity index (χ2n) is 13.1. The minimum Gasteiger partial charge on any atom is -0.393 e. The Morgan fingerprint density at radius 3 is 2.40 bits per heavy atom. The number of aliphatic hydroxyl groups excluding tert-OH is 1. The molecule has 0 aromatic rings. The molecule has 0 bridgehead atoms. The fourth-order valence-corrected chi connectivity index (χ4v) is 8.65. The highest BCUT2D eigenvalue weighted by molar-refractivity contribution is 5.46. The lowest BCUT2D eigenvalue weighted by atomic mass is 9.44. The molecule has 170 valence electrons.